The van der Waals surface area contributed by atoms with Crippen molar-refractivity contribution in [3.63, 3.8) is 0 Å². The van der Waals surface area contributed by atoms with Gasteiger partial charge in [0.15, 0.2) is 11.6 Å². The Labute approximate surface area is 214 Å². The molecular formula is C28H31F2N3O2S. The van der Waals surface area contributed by atoms with Crippen LogP contribution in [0.5, 0.6) is 5.75 Å². The van der Waals surface area contributed by atoms with Gasteiger partial charge in [0.1, 0.15) is 5.82 Å². The number of hydrogen-bond acceptors (Lipinski definition) is 5. The number of methoxy groups -OCH3 is 1. The van der Waals surface area contributed by atoms with Crippen LogP contribution in [0.15, 0.2) is 52.3 Å². The van der Waals surface area contributed by atoms with E-state index in [2.05, 4.69) is 16.8 Å². The van der Waals surface area contributed by atoms with Gasteiger partial charge in [0.25, 0.3) is 5.56 Å². The summed E-state index contributed by atoms with van der Waals surface area (Å²) in [7, 11) is 3.53. The molecule has 5 rings (SSSR count). The molecule has 1 saturated heterocycles. The smallest absolute Gasteiger partial charge is 0.260 e. The van der Waals surface area contributed by atoms with E-state index >= 15 is 4.39 Å². The summed E-state index contributed by atoms with van der Waals surface area (Å²) >= 11 is 1.65. The van der Waals surface area contributed by atoms with E-state index in [0.717, 1.165) is 49.1 Å². The molecule has 0 amide bonds. The molecule has 0 bridgehead atoms. The number of likely N-dealkylation sites (N-methyl/N-ethyl adjacent to an activating group) is 1. The van der Waals surface area contributed by atoms with E-state index < -0.39 is 5.82 Å². The second-order valence-corrected chi connectivity index (χ2v) is 10.6. The predicted molar refractivity (Wildman–Crippen MR) is 140 cm³/mol. The van der Waals surface area contributed by atoms with E-state index in [0.29, 0.717) is 23.1 Å². The van der Waals surface area contributed by atoms with E-state index in [1.165, 1.54) is 13.2 Å². The van der Waals surface area contributed by atoms with Crippen molar-refractivity contribution >= 4 is 11.8 Å². The van der Waals surface area contributed by atoms with E-state index in [4.69, 9.17) is 4.74 Å². The Morgan fingerprint density at radius 1 is 1.06 bits per heavy atom. The van der Waals surface area contributed by atoms with Crippen molar-refractivity contribution < 1.29 is 13.5 Å². The molecule has 1 fully saturated rings. The standard InChI is InChI=1S/C28H31F2N3O2S/c1-18-22(15-19-7-4-5-9-23(19)29)28-33(20(17-36-28)16-32-13-11-31(2)12-14-32)27(34)25(18)21-8-6-10-24(35-3)26(21)30/h4-10,20H,11-17H2,1-3H3. The van der Waals surface area contributed by atoms with Crippen molar-refractivity contribution in [2.45, 2.75) is 24.4 Å². The Morgan fingerprint density at radius 3 is 2.53 bits per heavy atom. The van der Waals surface area contributed by atoms with Crippen molar-refractivity contribution in [3.05, 3.63) is 81.1 Å². The first-order valence-electron chi connectivity index (χ1n) is 12.3. The summed E-state index contributed by atoms with van der Waals surface area (Å²) in [6, 6.07) is 11.5. The third-order valence-corrected chi connectivity index (χ3v) is 8.63. The van der Waals surface area contributed by atoms with E-state index in [1.54, 1.807) is 42.1 Å². The molecule has 0 N–H and O–H groups in total. The first-order chi connectivity index (χ1) is 17.4. The second kappa shape index (κ2) is 10.4. The molecule has 1 atom stereocenters. The number of hydrogen-bond donors (Lipinski definition) is 0. The molecule has 190 valence electrons. The lowest BCUT2D eigenvalue weighted by molar-refractivity contribution is 0.140. The Kier molecular flexibility index (Phi) is 7.19. The van der Waals surface area contributed by atoms with Gasteiger partial charge in [-0.25, -0.2) is 8.78 Å². The molecule has 1 unspecified atom stereocenters. The highest BCUT2D eigenvalue weighted by Crippen LogP contribution is 2.40. The number of halogens is 2. The summed E-state index contributed by atoms with van der Waals surface area (Å²) in [5, 5.41) is 0.868. The van der Waals surface area contributed by atoms with Crippen LogP contribution < -0.4 is 10.3 Å². The average Bonchev–Trinajstić information content (AvgIpc) is 3.29. The molecule has 0 aliphatic carbocycles. The van der Waals surface area contributed by atoms with Crippen LogP contribution in [0.25, 0.3) is 11.1 Å². The lowest BCUT2D eigenvalue weighted by atomic mass is 9.94. The summed E-state index contributed by atoms with van der Waals surface area (Å²) in [4.78, 5) is 18.8. The SMILES string of the molecule is COc1cccc(-c2c(C)c(Cc3ccccc3F)c3n(c2=O)C(CN2CCN(C)CC2)CS3)c1F. The summed E-state index contributed by atoms with van der Waals surface area (Å²) < 4.78 is 37.2. The van der Waals surface area contributed by atoms with Gasteiger partial charge in [0.05, 0.1) is 23.7 Å². The minimum Gasteiger partial charge on any atom is -0.494 e. The van der Waals surface area contributed by atoms with E-state index in [9.17, 15) is 9.18 Å². The lowest BCUT2D eigenvalue weighted by Crippen LogP contribution is -2.47. The fourth-order valence-electron chi connectivity index (χ4n) is 5.25. The molecule has 0 radical (unpaired) electrons. The van der Waals surface area contributed by atoms with Crippen LogP contribution in [-0.2, 0) is 6.42 Å². The van der Waals surface area contributed by atoms with Crippen molar-refractivity contribution in [1.29, 1.82) is 0 Å². The van der Waals surface area contributed by atoms with Crippen LogP contribution in [0.3, 0.4) is 0 Å². The van der Waals surface area contributed by atoms with Gasteiger partial charge in [-0.05, 0) is 42.8 Å². The molecule has 3 aromatic rings. The molecule has 5 nitrogen and oxygen atoms in total. The molecule has 0 spiro atoms. The van der Waals surface area contributed by atoms with Gasteiger partial charge < -0.3 is 9.64 Å². The van der Waals surface area contributed by atoms with Crippen molar-refractivity contribution in [2.24, 2.45) is 0 Å². The summed E-state index contributed by atoms with van der Waals surface area (Å²) in [5.41, 5.74) is 2.47. The molecule has 3 heterocycles. The number of fused-ring (bicyclic) bond motifs is 1. The van der Waals surface area contributed by atoms with Crippen LogP contribution in [-0.4, -0.2) is 67.0 Å². The van der Waals surface area contributed by atoms with Gasteiger partial charge >= 0.3 is 0 Å². The van der Waals surface area contributed by atoms with Crippen LogP contribution in [0.4, 0.5) is 8.78 Å². The van der Waals surface area contributed by atoms with Crippen molar-refractivity contribution in [2.75, 3.05) is 52.6 Å². The minimum atomic E-state index is -0.557. The number of rotatable bonds is 6. The Hall–Kier alpha value is -2.68. The quantitative estimate of drug-likeness (QED) is 0.484. The summed E-state index contributed by atoms with van der Waals surface area (Å²) in [6.07, 6.45) is 0.334. The fraction of sp³-hybridized carbons (Fsp3) is 0.393. The van der Waals surface area contributed by atoms with Gasteiger partial charge in [-0.2, -0.15) is 0 Å². The molecule has 2 aromatic carbocycles. The number of piperazine rings is 1. The molecular weight excluding hydrogens is 480 g/mol. The number of ether oxygens (including phenoxy) is 1. The Bertz CT molecular complexity index is 1340. The monoisotopic (exact) mass is 511 g/mol. The largest absolute Gasteiger partial charge is 0.494 e. The Morgan fingerprint density at radius 2 is 1.81 bits per heavy atom. The number of aromatic nitrogens is 1. The zero-order valence-corrected chi connectivity index (χ0v) is 21.7. The summed E-state index contributed by atoms with van der Waals surface area (Å²) in [6.45, 7) is 6.50. The van der Waals surface area contributed by atoms with Gasteiger partial charge in [-0.3, -0.25) is 14.3 Å². The fourth-order valence-corrected chi connectivity index (χ4v) is 6.63. The van der Waals surface area contributed by atoms with E-state index in [-0.39, 0.29) is 28.7 Å². The highest BCUT2D eigenvalue weighted by atomic mass is 32.2. The van der Waals surface area contributed by atoms with Crippen LogP contribution in [0.1, 0.15) is 22.7 Å². The molecule has 0 saturated carbocycles. The van der Waals surface area contributed by atoms with Crippen LogP contribution >= 0.6 is 11.8 Å². The summed E-state index contributed by atoms with van der Waals surface area (Å²) in [5.74, 6) is 0.0117. The molecule has 2 aliphatic heterocycles. The number of benzene rings is 2. The predicted octanol–water partition coefficient (Wildman–Crippen LogP) is 4.60. The highest BCUT2D eigenvalue weighted by molar-refractivity contribution is 7.99. The minimum absolute atomic E-state index is 0.0340. The molecule has 2 aliphatic rings. The third-order valence-electron chi connectivity index (χ3n) is 7.36. The number of nitrogens with zero attached hydrogens (tertiary/aromatic N) is 3. The number of pyridine rings is 1. The highest BCUT2D eigenvalue weighted by Gasteiger charge is 2.33. The maximum atomic E-state index is 15.4. The first kappa shape index (κ1) is 25.0. The van der Waals surface area contributed by atoms with Gasteiger partial charge in [-0.15, -0.1) is 11.8 Å². The van der Waals surface area contributed by atoms with Gasteiger partial charge in [0.2, 0.25) is 0 Å². The zero-order chi connectivity index (χ0) is 25.4. The lowest BCUT2D eigenvalue weighted by Gasteiger charge is -2.34. The zero-order valence-electron chi connectivity index (χ0n) is 20.9. The normalized spacial score (nSPS) is 18.4. The maximum Gasteiger partial charge on any atom is 0.260 e. The maximum absolute atomic E-state index is 15.4. The van der Waals surface area contributed by atoms with Crippen molar-refractivity contribution in [1.82, 2.24) is 14.4 Å². The topological polar surface area (TPSA) is 37.7 Å². The molecule has 8 heteroatoms. The van der Waals surface area contributed by atoms with E-state index in [1.807, 2.05) is 17.6 Å². The number of thioether (sulfide) groups is 1. The van der Waals surface area contributed by atoms with Gasteiger partial charge in [-0.1, -0.05) is 30.3 Å². The Balaban J connectivity index is 1.66. The van der Waals surface area contributed by atoms with Crippen LogP contribution in [0.2, 0.25) is 0 Å². The van der Waals surface area contributed by atoms with Crippen LogP contribution in [0, 0.1) is 18.6 Å². The molecule has 1 aromatic heterocycles. The average molecular weight is 512 g/mol. The van der Waals surface area contributed by atoms with Crippen molar-refractivity contribution in [3.8, 4) is 16.9 Å². The van der Waals surface area contributed by atoms with Gasteiger partial charge in [0, 0.05) is 50.5 Å². The molecule has 36 heavy (non-hydrogen) atoms. The second-order valence-electron chi connectivity index (χ2n) is 9.62. The first-order valence-corrected chi connectivity index (χ1v) is 13.3. The third kappa shape index (κ3) is 4.58.